The van der Waals surface area contributed by atoms with E-state index < -0.39 is 68.5 Å². The number of rotatable bonds is 18. The number of aliphatic carboxylic acids is 4. The first-order valence-corrected chi connectivity index (χ1v) is 11.7. The summed E-state index contributed by atoms with van der Waals surface area (Å²) in [5.74, 6) is -6.95. The number of nitrogens with one attached hydrogen (secondary N) is 1. The van der Waals surface area contributed by atoms with Crippen LogP contribution >= 0.6 is 22.6 Å². The maximum Gasteiger partial charge on any atom is 3.00 e. The Morgan fingerprint density at radius 2 is 1.05 bits per heavy atom. The maximum absolute atomic E-state index is 12.5. The maximum atomic E-state index is 12.5. The van der Waals surface area contributed by atoms with Crippen LogP contribution in [0.5, 0.6) is 0 Å². The van der Waals surface area contributed by atoms with Gasteiger partial charge in [0.1, 0.15) is 0 Å². The van der Waals surface area contributed by atoms with Crippen molar-refractivity contribution in [3.05, 3.63) is 27.3 Å². The van der Waals surface area contributed by atoms with Gasteiger partial charge in [-0.3, -0.25) is 38.7 Å². The van der Waals surface area contributed by atoms with E-state index in [4.69, 9.17) is 10.2 Å². The van der Waals surface area contributed by atoms with E-state index in [9.17, 15) is 44.1 Å². The molecule has 1 aromatic carbocycles. The first-order valence-electron chi connectivity index (χ1n) is 10.6. The summed E-state index contributed by atoms with van der Waals surface area (Å²) in [6.07, 6.45) is 0. The van der Waals surface area contributed by atoms with Gasteiger partial charge in [-0.05, 0) is 40.8 Å². The summed E-state index contributed by atoms with van der Waals surface area (Å²) in [6.45, 7) is -2.90. The smallest absolute Gasteiger partial charge is 0.480 e. The quantitative estimate of drug-likeness (QED) is 0.0788. The van der Waals surface area contributed by atoms with Crippen molar-refractivity contribution >= 4 is 64.0 Å². The Labute approximate surface area is 260 Å². The molecule has 6 N–H and O–H groups in total. The molecule has 0 spiro atoms. The van der Waals surface area contributed by atoms with Crippen LogP contribution in [0.2, 0.25) is 0 Å². The van der Waals surface area contributed by atoms with E-state index >= 15 is 0 Å². The minimum atomic E-state index is -1.26. The van der Waals surface area contributed by atoms with Crippen LogP contribution < -0.4 is 5.32 Å². The van der Waals surface area contributed by atoms with E-state index in [0.717, 1.165) is 4.90 Å². The van der Waals surface area contributed by atoms with E-state index in [1.807, 2.05) is 22.6 Å². The molecule has 0 heterocycles. The Kier molecular flexibility index (Phi) is 17.2. The van der Waals surface area contributed by atoms with Crippen molar-refractivity contribution < 1.29 is 92.0 Å². The predicted octanol–water partition coefficient (Wildman–Crippen LogP) is -0.828. The van der Waals surface area contributed by atoms with Gasteiger partial charge in [-0.15, -0.1) is 0 Å². The zero-order chi connectivity index (χ0) is 28.1. The van der Waals surface area contributed by atoms with Crippen LogP contribution in [0.15, 0.2) is 18.2 Å². The fourth-order valence-electron chi connectivity index (χ4n) is 3.22. The number of hydrogen-bond donors (Lipinski definition) is 6. The van der Waals surface area contributed by atoms with Crippen LogP contribution in [0.4, 0.5) is 5.69 Å². The second kappa shape index (κ2) is 18.2. The van der Waals surface area contributed by atoms with Crippen molar-refractivity contribution in [2.75, 3.05) is 64.2 Å². The molecule has 0 fully saturated rings. The molecule has 0 aliphatic heterocycles. The molecule has 1 rings (SSSR count). The topological polar surface area (TPSA) is 225 Å². The van der Waals surface area contributed by atoms with E-state index in [-0.39, 0.29) is 75.2 Å². The fraction of sp³-hybridized carbons (Fsp3) is 0.429. The number of anilines is 1. The Morgan fingerprint density at radius 3 is 1.47 bits per heavy atom. The molecule has 15 nitrogen and oxygen atoms in total. The van der Waals surface area contributed by atoms with Gasteiger partial charge in [0.25, 0.3) is 0 Å². The molecule has 0 atom stereocenters. The molecule has 1 aromatic rings. The summed E-state index contributed by atoms with van der Waals surface area (Å²) in [7, 11) is 0. The van der Waals surface area contributed by atoms with Crippen LogP contribution in [0.3, 0.4) is 0 Å². The zero-order valence-corrected chi connectivity index (χ0v) is 23.9. The molecule has 0 saturated heterocycles. The van der Waals surface area contributed by atoms with Crippen LogP contribution in [0.1, 0.15) is 10.4 Å². The molecule has 0 aliphatic carbocycles. The van der Waals surface area contributed by atoms with Crippen molar-refractivity contribution in [1.82, 2.24) is 14.7 Å². The Bertz CT molecular complexity index is 1010. The van der Waals surface area contributed by atoms with Crippen molar-refractivity contribution in [3.63, 3.8) is 0 Å². The first-order chi connectivity index (χ1) is 17.3. The fourth-order valence-corrected chi connectivity index (χ4v) is 3.72. The van der Waals surface area contributed by atoms with Crippen molar-refractivity contribution in [2.24, 2.45) is 0 Å². The van der Waals surface area contributed by atoms with Gasteiger partial charge < -0.3 is 30.8 Å². The monoisotopic (exact) mass is 804 g/mol. The third-order valence-corrected chi connectivity index (χ3v) is 5.42. The van der Waals surface area contributed by atoms with E-state index in [1.165, 1.54) is 21.9 Å². The van der Waals surface area contributed by atoms with E-state index in [2.05, 4.69) is 5.32 Å². The van der Waals surface area contributed by atoms with Gasteiger partial charge in [-0.1, -0.05) is 0 Å². The molecule has 212 valence electrons. The van der Waals surface area contributed by atoms with Crippen LogP contribution in [-0.2, 0) is 24.0 Å². The van der Waals surface area contributed by atoms with Gasteiger partial charge in [-0.2, -0.15) is 0 Å². The van der Waals surface area contributed by atoms with E-state index in [0.29, 0.717) is 3.57 Å². The molecule has 17 heteroatoms. The molecule has 0 aromatic heterocycles. The number of carboxylic acids is 5. The number of carbonyl (C=O) groups is 6. The van der Waals surface area contributed by atoms with Gasteiger partial charge in [-0.25, -0.2) is 4.79 Å². The Balaban J connectivity index is 0.0000137. The van der Waals surface area contributed by atoms with Crippen LogP contribution in [-0.4, -0.2) is 135 Å². The molecule has 0 aliphatic rings. The number of nitrogens with zero attached hydrogens (tertiary/aromatic N) is 3. The van der Waals surface area contributed by atoms with Gasteiger partial charge >= 0.3 is 67.6 Å². The number of carboxylic acid groups (broad SMARTS) is 5. The number of carbonyl (C=O) groups excluding carboxylic acids is 1. The summed E-state index contributed by atoms with van der Waals surface area (Å²) in [4.78, 5) is 72.1. The third kappa shape index (κ3) is 15.4. The summed E-state index contributed by atoms with van der Waals surface area (Å²) in [6, 6.07) is 4.34. The minimum Gasteiger partial charge on any atom is -0.480 e. The second-order valence-electron chi connectivity index (χ2n) is 7.82. The summed E-state index contributed by atoms with van der Waals surface area (Å²) in [5.41, 5.74) is -0.123. The summed E-state index contributed by atoms with van der Waals surface area (Å²) in [5, 5.41) is 48.1. The molecular weight excluding hydrogens is 777 g/mol. The average Bonchev–Trinajstić information content (AvgIpc) is 2.74. The SMILES string of the molecule is O=C(O)CN(CCN(CC(=O)O)CC(=O)O)CCN(CC(=O)O)CC(=O)Nc1ccc(I)cc1C(=O)O.[166Ho+3]. The van der Waals surface area contributed by atoms with Crippen LogP contribution in [0.25, 0.3) is 0 Å². The van der Waals surface area contributed by atoms with Gasteiger partial charge in [0, 0.05) is 29.7 Å². The van der Waals surface area contributed by atoms with Crippen molar-refractivity contribution in [3.8, 4) is 0 Å². The number of halogens is 1. The van der Waals surface area contributed by atoms with Gasteiger partial charge in [0.15, 0.2) is 0 Å². The summed E-state index contributed by atoms with van der Waals surface area (Å²) < 4.78 is 0.629. The molecule has 38 heavy (non-hydrogen) atoms. The molecular formula is C21H27HoIN4O11+3. The third-order valence-electron chi connectivity index (χ3n) is 4.75. The Hall–Kier alpha value is -2.09. The molecule has 0 bridgehead atoms. The first kappa shape index (κ1) is 35.9. The zero-order valence-electron chi connectivity index (χ0n) is 19.8. The predicted molar refractivity (Wildman–Crippen MR) is 135 cm³/mol. The average molecular weight is 804 g/mol. The minimum absolute atomic E-state index is 0. The van der Waals surface area contributed by atoms with Crippen molar-refractivity contribution in [2.45, 2.75) is 0 Å². The molecule has 0 radical (unpaired) electrons. The summed E-state index contributed by atoms with van der Waals surface area (Å²) >= 11 is 1.91. The standard InChI is InChI=1S/C21H27IN4O11.Ho/c22-13-1-2-15(14(7-13)21(36)37)23-16(27)8-25(10-18(30)31)5-3-24(9-17(28)29)4-6-26(11-19(32)33)12-20(34)35;/h1-2,7H,3-6,8-12H2,(H,23,27)(H,28,29)(H,30,31)(H,32,33)(H,34,35)(H,36,37);/q;+3/i;1+1. The van der Waals surface area contributed by atoms with Crippen molar-refractivity contribution in [1.29, 1.82) is 0 Å². The normalized spacial score (nSPS) is 10.7. The number of aromatic carboxylic acids is 1. The molecule has 0 saturated carbocycles. The number of benzene rings is 1. The largest absolute Gasteiger partial charge is 3.00 e. The van der Waals surface area contributed by atoms with E-state index in [1.54, 1.807) is 6.07 Å². The second-order valence-corrected chi connectivity index (χ2v) is 9.06. The Morgan fingerprint density at radius 1 is 0.658 bits per heavy atom. The molecule has 1 amide bonds. The number of hydrogen-bond acceptors (Lipinski definition) is 9. The number of amides is 1. The molecule has 0 unspecified atom stereocenters. The van der Waals surface area contributed by atoms with Gasteiger partial charge in [0.05, 0.1) is 44.0 Å². The van der Waals surface area contributed by atoms with Crippen LogP contribution in [0, 0.1) is 41.3 Å². The van der Waals surface area contributed by atoms with Gasteiger partial charge in [0.2, 0.25) is 5.91 Å².